The lowest BCUT2D eigenvalue weighted by Gasteiger charge is -2.19. The van der Waals surface area contributed by atoms with E-state index in [2.05, 4.69) is 29.2 Å². The van der Waals surface area contributed by atoms with Gasteiger partial charge in [0.05, 0.1) is 5.52 Å². The first-order chi connectivity index (χ1) is 9.83. The minimum absolute atomic E-state index is 0.157. The maximum atomic E-state index is 6.44. The number of benzene rings is 1. The second-order valence-electron chi connectivity index (χ2n) is 6.16. The Bertz CT molecular complexity index is 556. The second-order valence-corrected chi connectivity index (χ2v) is 6.16. The molecule has 0 aliphatic heterocycles. The van der Waals surface area contributed by atoms with Gasteiger partial charge in [-0.3, -0.25) is 4.98 Å². The average molecular weight is 268 g/mol. The summed E-state index contributed by atoms with van der Waals surface area (Å²) in [7, 11) is 0. The molecule has 3 rings (SSSR count). The zero-order valence-corrected chi connectivity index (χ0v) is 12.1. The number of fused-ring (bicyclic) bond motifs is 1. The fourth-order valence-corrected chi connectivity index (χ4v) is 3.41. The van der Waals surface area contributed by atoms with Gasteiger partial charge in [0.25, 0.3) is 0 Å². The Hall–Kier alpha value is -1.41. The van der Waals surface area contributed by atoms with Gasteiger partial charge in [0.15, 0.2) is 0 Å². The first-order valence-corrected chi connectivity index (χ1v) is 7.93. The monoisotopic (exact) mass is 268 g/mol. The average Bonchev–Trinajstić information content (AvgIpc) is 2.75. The molecule has 0 spiro atoms. The van der Waals surface area contributed by atoms with Gasteiger partial charge in [0, 0.05) is 17.6 Å². The Morgan fingerprint density at radius 1 is 1.10 bits per heavy atom. The molecule has 2 heteroatoms. The van der Waals surface area contributed by atoms with Gasteiger partial charge in [0.2, 0.25) is 0 Å². The molecular weight excluding hydrogens is 244 g/mol. The summed E-state index contributed by atoms with van der Waals surface area (Å²) in [4.78, 5) is 4.43. The van der Waals surface area contributed by atoms with Crippen molar-refractivity contribution in [3.63, 3.8) is 0 Å². The molecule has 1 aromatic carbocycles. The van der Waals surface area contributed by atoms with Gasteiger partial charge in [-0.15, -0.1) is 0 Å². The lowest BCUT2D eigenvalue weighted by atomic mass is 9.90. The molecule has 1 saturated carbocycles. The van der Waals surface area contributed by atoms with Crippen molar-refractivity contribution in [2.24, 2.45) is 11.7 Å². The van der Waals surface area contributed by atoms with Gasteiger partial charge in [-0.25, -0.2) is 0 Å². The summed E-state index contributed by atoms with van der Waals surface area (Å²) in [6.45, 7) is 0. The topological polar surface area (TPSA) is 38.9 Å². The molecule has 2 nitrogen and oxygen atoms in total. The van der Waals surface area contributed by atoms with Gasteiger partial charge in [0.1, 0.15) is 0 Å². The number of pyridine rings is 1. The molecule has 0 bridgehead atoms. The molecule has 1 aliphatic carbocycles. The molecule has 1 heterocycles. The number of hydrogen-bond donors (Lipinski definition) is 1. The Labute approximate surface area is 121 Å². The summed E-state index contributed by atoms with van der Waals surface area (Å²) in [5.74, 6) is 0.812. The quantitative estimate of drug-likeness (QED) is 0.826. The second kappa shape index (κ2) is 6.36. The smallest absolute Gasteiger partial charge is 0.0705 e. The van der Waals surface area contributed by atoms with E-state index in [9.17, 15) is 0 Å². The zero-order chi connectivity index (χ0) is 13.8. The van der Waals surface area contributed by atoms with Crippen LogP contribution in [-0.2, 0) is 0 Å². The highest BCUT2D eigenvalue weighted by molar-refractivity contribution is 5.78. The largest absolute Gasteiger partial charge is 0.324 e. The number of nitrogens with two attached hydrogens (primary N) is 1. The lowest BCUT2D eigenvalue weighted by molar-refractivity contribution is 0.393. The molecule has 1 atom stereocenters. The molecule has 2 aromatic rings. The van der Waals surface area contributed by atoms with Crippen molar-refractivity contribution in [2.45, 2.75) is 51.0 Å². The van der Waals surface area contributed by atoms with Gasteiger partial charge >= 0.3 is 0 Å². The summed E-state index contributed by atoms with van der Waals surface area (Å²) in [5, 5.41) is 1.19. The van der Waals surface area contributed by atoms with E-state index >= 15 is 0 Å². The molecule has 0 saturated heterocycles. The van der Waals surface area contributed by atoms with Crippen LogP contribution < -0.4 is 5.73 Å². The van der Waals surface area contributed by atoms with Crippen LogP contribution in [0, 0.1) is 5.92 Å². The minimum atomic E-state index is 0.157. The summed E-state index contributed by atoms with van der Waals surface area (Å²) in [6, 6.07) is 10.7. The molecular formula is C18H24N2. The number of aromatic nitrogens is 1. The van der Waals surface area contributed by atoms with Crippen molar-refractivity contribution in [1.29, 1.82) is 0 Å². The SMILES string of the molecule is NC(CC1CCCCCC1)c1ccc2cccnc2c1. The van der Waals surface area contributed by atoms with E-state index in [0.29, 0.717) is 0 Å². The van der Waals surface area contributed by atoms with E-state index in [1.807, 2.05) is 12.3 Å². The number of rotatable bonds is 3. The van der Waals surface area contributed by atoms with Crippen LogP contribution in [0.3, 0.4) is 0 Å². The van der Waals surface area contributed by atoms with Crippen molar-refractivity contribution in [3.8, 4) is 0 Å². The molecule has 106 valence electrons. The summed E-state index contributed by atoms with van der Waals surface area (Å²) >= 11 is 0. The molecule has 1 fully saturated rings. The van der Waals surface area contributed by atoms with Crippen molar-refractivity contribution < 1.29 is 0 Å². The lowest BCUT2D eigenvalue weighted by Crippen LogP contribution is -2.15. The van der Waals surface area contributed by atoms with E-state index in [1.54, 1.807) is 0 Å². The van der Waals surface area contributed by atoms with Crippen LogP contribution in [0.1, 0.15) is 56.6 Å². The van der Waals surface area contributed by atoms with E-state index in [0.717, 1.165) is 17.9 Å². The van der Waals surface area contributed by atoms with Gasteiger partial charge in [-0.2, -0.15) is 0 Å². The van der Waals surface area contributed by atoms with Crippen molar-refractivity contribution in [2.75, 3.05) is 0 Å². The standard InChI is InChI=1S/C18H24N2/c19-17(12-14-6-3-1-2-4-7-14)16-10-9-15-8-5-11-20-18(15)13-16/h5,8-11,13-14,17H,1-4,6-7,12,19H2. The third kappa shape index (κ3) is 3.18. The highest BCUT2D eigenvalue weighted by atomic mass is 14.7. The van der Waals surface area contributed by atoms with E-state index in [1.165, 1.54) is 49.5 Å². The fourth-order valence-electron chi connectivity index (χ4n) is 3.41. The third-order valence-electron chi connectivity index (χ3n) is 4.62. The first kappa shape index (κ1) is 13.6. The molecule has 2 N–H and O–H groups in total. The van der Waals surface area contributed by atoms with Gasteiger partial charge in [-0.05, 0) is 30.0 Å². The highest BCUT2D eigenvalue weighted by Gasteiger charge is 2.17. The van der Waals surface area contributed by atoms with Crippen LogP contribution in [0.4, 0.5) is 0 Å². The van der Waals surface area contributed by atoms with Crippen LogP contribution >= 0.6 is 0 Å². The van der Waals surface area contributed by atoms with E-state index in [-0.39, 0.29) is 6.04 Å². The molecule has 1 aromatic heterocycles. The number of hydrogen-bond acceptors (Lipinski definition) is 2. The summed E-state index contributed by atoms with van der Waals surface area (Å²) < 4.78 is 0. The Kier molecular flexibility index (Phi) is 4.31. The van der Waals surface area contributed by atoms with Crippen molar-refractivity contribution >= 4 is 10.9 Å². The van der Waals surface area contributed by atoms with Crippen LogP contribution in [0.2, 0.25) is 0 Å². The maximum absolute atomic E-state index is 6.44. The Morgan fingerprint density at radius 2 is 1.90 bits per heavy atom. The van der Waals surface area contributed by atoms with E-state index in [4.69, 9.17) is 5.73 Å². The molecule has 0 radical (unpaired) electrons. The summed E-state index contributed by atoms with van der Waals surface area (Å²) in [6.07, 6.45) is 11.3. The van der Waals surface area contributed by atoms with E-state index < -0.39 is 0 Å². The van der Waals surface area contributed by atoms with Crippen LogP contribution in [0.15, 0.2) is 36.5 Å². The predicted molar refractivity (Wildman–Crippen MR) is 84.5 cm³/mol. The van der Waals surface area contributed by atoms with Gasteiger partial charge in [-0.1, -0.05) is 56.7 Å². The van der Waals surface area contributed by atoms with Crippen LogP contribution in [-0.4, -0.2) is 4.98 Å². The summed E-state index contributed by atoms with van der Waals surface area (Å²) in [5.41, 5.74) is 8.73. The Morgan fingerprint density at radius 3 is 2.70 bits per heavy atom. The molecule has 0 amide bonds. The maximum Gasteiger partial charge on any atom is 0.0705 e. The van der Waals surface area contributed by atoms with Crippen molar-refractivity contribution in [1.82, 2.24) is 4.98 Å². The molecule has 20 heavy (non-hydrogen) atoms. The minimum Gasteiger partial charge on any atom is -0.324 e. The zero-order valence-electron chi connectivity index (χ0n) is 12.1. The predicted octanol–water partition coefficient (Wildman–Crippen LogP) is 4.60. The van der Waals surface area contributed by atoms with Gasteiger partial charge < -0.3 is 5.73 Å². The highest BCUT2D eigenvalue weighted by Crippen LogP contribution is 2.30. The number of nitrogens with zero attached hydrogens (tertiary/aromatic N) is 1. The fraction of sp³-hybridized carbons (Fsp3) is 0.500. The molecule has 1 aliphatic rings. The first-order valence-electron chi connectivity index (χ1n) is 7.93. The Balaban J connectivity index is 1.72. The van der Waals surface area contributed by atoms with Crippen LogP contribution in [0.5, 0.6) is 0 Å². The van der Waals surface area contributed by atoms with Crippen molar-refractivity contribution in [3.05, 3.63) is 42.1 Å². The van der Waals surface area contributed by atoms with Crippen LogP contribution in [0.25, 0.3) is 10.9 Å². The molecule has 1 unspecified atom stereocenters. The third-order valence-corrected chi connectivity index (χ3v) is 4.62. The normalized spacial score (nSPS) is 18.9.